The maximum absolute atomic E-state index is 12.2. The lowest BCUT2D eigenvalue weighted by Crippen LogP contribution is -2.47. The van der Waals surface area contributed by atoms with Gasteiger partial charge in [0.05, 0.1) is 0 Å². The number of amides is 3. The molecule has 1 aliphatic rings. The number of benzene rings is 1. The third-order valence-corrected chi connectivity index (χ3v) is 3.46. The average Bonchev–Trinajstić information content (AvgIpc) is 2.98. The maximum atomic E-state index is 12.2. The van der Waals surface area contributed by atoms with Crippen LogP contribution in [0.15, 0.2) is 24.3 Å². The molecule has 1 fully saturated rings. The molecule has 1 heterocycles. The number of carbonyl (C=O) groups is 2. The van der Waals surface area contributed by atoms with Gasteiger partial charge in [0.25, 0.3) is 0 Å². The summed E-state index contributed by atoms with van der Waals surface area (Å²) in [5.74, 6) is -0.627. The second-order valence-corrected chi connectivity index (χ2v) is 5.43. The van der Waals surface area contributed by atoms with Gasteiger partial charge >= 0.3 is 12.4 Å². The Hall–Kier alpha value is -2.45. The first-order valence-corrected chi connectivity index (χ1v) is 7.47. The van der Waals surface area contributed by atoms with Crippen LogP contribution in [0, 0.1) is 0 Å². The molecule has 1 unspecified atom stereocenters. The monoisotopic (exact) mass is 345 g/mol. The van der Waals surface area contributed by atoms with Gasteiger partial charge in [-0.25, -0.2) is 4.79 Å². The van der Waals surface area contributed by atoms with E-state index in [1.54, 1.807) is 11.8 Å². The molecule has 0 aliphatic carbocycles. The number of carbonyl (C=O) groups excluding carboxylic acids is 2. The van der Waals surface area contributed by atoms with Crippen molar-refractivity contribution in [1.82, 2.24) is 10.2 Å². The number of halogens is 3. The number of urea groups is 1. The van der Waals surface area contributed by atoms with Gasteiger partial charge in [0.2, 0.25) is 5.91 Å². The predicted octanol–water partition coefficient (Wildman–Crippen LogP) is 2.72. The van der Waals surface area contributed by atoms with Crippen molar-refractivity contribution in [2.75, 3.05) is 18.4 Å². The summed E-state index contributed by atoms with van der Waals surface area (Å²) in [6, 6.07) is 3.48. The number of rotatable bonds is 4. The summed E-state index contributed by atoms with van der Waals surface area (Å²) in [6.45, 7) is 2.90. The molecule has 1 aromatic rings. The molecule has 2 N–H and O–H groups in total. The van der Waals surface area contributed by atoms with Gasteiger partial charge in [-0.3, -0.25) is 4.79 Å². The highest BCUT2D eigenvalue weighted by Crippen LogP contribution is 2.25. The molecule has 9 heteroatoms. The van der Waals surface area contributed by atoms with E-state index >= 15 is 0 Å². The van der Waals surface area contributed by atoms with E-state index in [0.717, 1.165) is 25.0 Å². The first kappa shape index (κ1) is 17.9. The first-order valence-electron chi connectivity index (χ1n) is 7.47. The van der Waals surface area contributed by atoms with Crippen LogP contribution in [0.1, 0.15) is 19.8 Å². The van der Waals surface area contributed by atoms with Crippen LogP contribution in [-0.4, -0.2) is 42.3 Å². The lowest BCUT2D eigenvalue weighted by molar-refractivity contribution is -0.274. The number of nitrogens with zero attached hydrogens (tertiary/aromatic N) is 1. The number of hydrogen-bond acceptors (Lipinski definition) is 3. The van der Waals surface area contributed by atoms with Crippen LogP contribution < -0.4 is 15.4 Å². The molecule has 3 amide bonds. The highest BCUT2D eigenvalue weighted by molar-refractivity contribution is 5.93. The molecule has 0 saturated carbocycles. The third kappa shape index (κ3) is 5.32. The zero-order valence-electron chi connectivity index (χ0n) is 13.0. The van der Waals surface area contributed by atoms with E-state index in [-0.39, 0.29) is 11.6 Å². The van der Waals surface area contributed by atoms with Crippen molar-refractivity contribution in [1.29, 1.82) is 0 Å². The number of likely N-dealkylation sites (tertiary alicyclic amines) is 1. The fourth-order valence-corrected chi connectivity index (χ4v) is 2.41. The number of ether oxygens (including phenoxy) is 1. The summed E-state index contributed by atoms with van der Waals surface area (Å²) in [6.07, 6.45) is -2.93. The molecule has 0 bridgehead atoms. The van der Waals surface area contributed by atoms with Crippen molar-refractivity contribution in [3.8, 4) is 5.75 Å². The minimum Gasteiger partial charge on any atom is -0.406 e. The molecule has 0 spiro atoms. The lowest BCUT2D eigenvalue weighted by atomic mass is 10.3. The number of hydrogen-bond donors (Lipinski definition) is 2. The number of alkyl halides is 3. The van der Waals surface area contributed by atoms with Crippen molar-refractivity contribution in [2.45, 2.75) is 32.2 Å². The Bertz CT molecular complexity index is 601. The van der Waals surface area contributed by atoms with E-state index in [1.165, 1.54) is 12.1 Å². The Morgan fingerprint density at radius 3 is 2.54 bits per heavy atom. The van der Waals surface area contributed by atoms with Gasteiger partial charge in [0, 0.05) is 24.8 Å². The highest BCUT2D eigenvalue weighted by atomic mass is 19.4. The van der Waals surface area contributed by atoms with Crippen LogP contribution in [-0.2, 0) is 4.79 Å². The Morgan fingerprint density at radius 2 is 1.92 bits per heavy atom. The van der Waals surface area contributed by atoms with E-state index in [4.69, 9.17) is 0 Å². The number of nitrogens with one attached hydrogen (secondary N) is 2. The van der Waals surface area contributed by atoms with E-state index in [9.17, 15) is 22.8 Å². The average molecular weight is 345 g/mol. The normalized spacial score (nSPS) is 15.8. The van der Waals surface area contributed by atoms with Gasteiger partial charge in [0.1, 0.15) is 11.8 Å². The van der Waals surface area contributed by atoms with Gasteiger partial charge in [-0.1, -0.05) is 6.07 Å². The molecule has 2 rings (SSSR count). The Morgan fingerprint density at radius 1 is 1.25 bits per heavy atom. The maximum Gasteiger partial charge on any atom is 0.573 e. The molecule has 1 aliphatic heterocycles. The summed E-state index contributed by atoms with van der Waals surface area (Å²) in [4.78, 5) is 25.6. The summed E-state index contributed by atoms with van der Waals surface area (Å²) in [5, 5.41) is 4.84. The Labute approximate surface area is 137 Å². The van der Waals surface area contributed by atoms with Gasteiger partial charge < -0.3 is 20.3 Å². The van der Waals surface area contributed by atoms with E-state index in [2.05, 4.69) is 15.4 Å². The van der Waals surface area contributed by atoms with Gasteiger partial charge in [-0.05, 0) is 31.9 Å². The summed E-state index contributed by atoms with van der Waals surface area (Å²) < 4.78 is 40.3. The van der Waals surface area contributed by atoms with Crippen LogP contribution in [0.25, 0.3) is 0 Å². The van der Waals surface area contributed by atoms with Crippen LogP contribution >= 0.6 is 0 Å². The van der Waals surface area contributed by atoms with Crippen LogP contribution in [0.4, 0.5) is 23.7 Å². The van der Waals surface area contributed by atoms with Crippen LogP contribution in [0.3, 0.4) is 0 Å². The summed E-state index contributed by atoms with van der Waals surface area (Å²) in [5.41, 5.74) is 0.120. The predicted molar refractivity (Wildman–Crippen MR) is 80.6 cm³/mol. The quantitative estimate of drug-likeness (QED) is 0.881. The van der Waals surface area contributed by atoms with Crippen molar-refractivity contribution >= 4 is 17.6 Å². The number of anilines is 1. The zero-order valence-corrected chi connectivity index (χ0v) is 13.0. The molecular weight excluding hydrogens is 327 g/mol. The Balaban J connectivity index is 1.89. The molecule has 132 valence electrons. The molecule has 0 aromatic heterocycles. The largest absolute Gasteiger partial charge is 0.573 e. The first-order chi connectivity index (χ1) is 11.2. The molecular formula is C15H18F3N3O3. The van der Waals surface area contributed by atoms with Crippen molar-refractivity contribution in [3.63, 3.8) is 0 Å². The van der Waals surface area contributed by atoms with E-state index in [0.29, 0.717) is 13.1 Å². The smallest absolute Gasteiger partial charge is 0.406 e. The molecule has 1 aromatic carbocycles. The van der Waals surface area contributed by atoms with Crippen LogP contribution in [0.5, 0.6) is 5.75 Å². The topological polar surface area (TPSA) is 70.7 Å². The fraction of sp³-hybridized carbons (Fsp3) is 0.467. The standard InChI is InChI=1S/C15H18F3N3O3/c1-10(13(22)21-7-2-3-8-21)19-14(23)20-11-5-4-6-12(9-11)24-15(16,17)18/h4-6,9-10H,2-3,7-8H2,1H3,(H2,19,20,23). The van der Waals surface area contributed by atoms with Crippen LogP contribution in [0.2, 0.25) is 0 Å². The van der Waals surface area contributed by atoms with Gasteiger partial charge in [-0.2, -0.15) is 0 Å². The second-order valence-electron chi connectivity index (χ2n) is 5.43. The SMILES string of the molecule is CC(NC(=O)Nc1cccc(OC(F)(F)F)c1)C(=O)N1CCCC1. The van der Waals surface area contributed by atoms with Gasteiger partial charge in [-0.15, -0.1) is 13.2 Å². The minimum atomic E-state index is -4.81. The van der Waals surface area contributed by atoms with E-state index < -0.39 is 24.2 Å². The third-order valence-electron chi connectivity index (χ3n) is 3.46. The molecule has 6 nitrogen and oxygen atoms in total. The zero-order chi connectivity index (χ0) is 17.7. The van der Waals surface area contributed by atoms with Gasteiger partial charge in [0.15, 0.2) is 0 Å². The van der Waals surface area contributed by atoms with E-state index in [1.807, 2.05) is 0 Å². The fourth-order valence-electron chi connectivity index (χ4n) is 2.41. The second kappa shape index (κ2) is 7.41. The molecule has 0 radical (unpaired) electrons. The molecule has 24 heavy (non-hydrogen) atoms. The highest BCUT2D eigenvalue weighted by Gasteiger charge is 2.31. The van der Waals surface area contributed by atoms with Crippen molar-refractivity contribution in [3.05, 3.63) is 24.3 Å². The molecule has 1 atom stereocenters. The summed E-state index contributed by atoms with van der Waals surface area (Å²) >= 11 is 0. The summed E-state index contributed by atoms with van der Waals surface area (Å²) in [7, 11) is 0. The van der Waals surface area contributed by atoms with Crippen molar-refractivity contribution < 1.29 is 27.5 Å². The molecule has 1 saturated heterocycles. The van der Waals surface area contributed by atoms with Crippen molar-refractivity contribution in [2.24, 2.45) is 0 Å². The minimum absolute atomic E-state index is 0.120. The lowest BCUT2D eigenvalue weighted by Gasteiger charge is -2.21. The Kier molecular flexibility index (Phi) is 5.53.